The number of hydrogen-bond donors (Lipinski definition) is 1. The molecule has 2 aromatic carbocycles. The Morgan fingerprint density at radius 1 is 1.10 bits per heavy atom. The summed E-state index contributed by atoms with van der Waals surface area (Å²) in [6.07, 6.45) is 3.51. The fraction of sp³-hybridized carbons (Fsp3) is 0.320. The van der Waals surface area contributed by atoms with E-state index in [2.05, 4.69) is 48.0 Å². The highest BCUT2D eigenvalue weighted by Crippen LogP contribution is 2.35. The van der Waals surface area contributed by atoms with Crippen molar-refractivity contribution < 1.29 is 9.53 Å². The van der Waals surface area contributed by atoms with E-state index in [0.717, 1.165) is 58.6 Å². The van der Waals surface area contributed by atoms with Crippen molar-refractivity contribution in [2.24, 2.45) is 0 Å². The van der Waals surface area contributed by atoms with E-state index >= 15 is 0 Å². The maximum atomic E-state index is 12.0. The van der Waals surface area contributed by atoms with E-state index in [9.17, 15) is 4.79 Å². The molecule has 1 fully saturated rings. The number of carbonyl (C=O) groups is 1. The lowest BCUT2D eigenvalue weighted by Gasteiger charge is -2.35. The Bertz CT molecular complexity index is 1290. The van der Waals surface area contributed by atoms with Crippen LogP contribution in [0.4, 0.5) is 5.82 Å². The van der Waals surface area contributed by atoms with Gasteiger partial charge < -0.3 is 14.6 Å². The van der Waals surface area contributed by atoms with Gasteiger partial charge in [-0.1, -0.05) is 6.07 Å². The van der Waals surface area contributed by atoms with E-state index in [4.69, 9.17) is 14.7 Å². The molecule has 1 atom stereocenters. The summed E-state index contributed by atoms with van der Waals surface area (Å²) in [5, 5.41) is 1.16. The van der Waals surface area contributed by atoms with E-state index in [1.165, 1.54) is 13.5 Å². The second kappa shape index (κ2) is 7.69. The number of carbonyl (C=O) groups excluding carboxylic acids is 1. The fourth-order valence-electron chi connectivity index (χ4n) is 4.52. The SMILES string of the molecule is COC(=O)c1ccc2nc(-c3ccc4[nH]c(C)cc4c3)c(N3CCCCC3C)nc2c1. The van der Waals surface area contributed by atoms with Crippen molar-refractivity contribution in [3.05, 3.63) is 53.7 Å². The number of fused-ring (bicyclic) bond motifs is 2. The number of methoxy groups -OCH3 is 1. The van der Waals surface area contributed by atoms with Gasteiger partial charge in [-0.2, -0.15) is 0 Å². The van der Waals surface area contributed by atoms with Gasteiger partial charge in [0.15, 0.2) is 5.82 Å². The molecule has 4 aromatic rings. The van der Waals surface area contributed by atoms with Crippen LogP contribution < -0.4 is 4.90 Å². The third kappa shape index (κ3) is 3.52. The molecule has 2 aromatic heterocycles. The standard InChI is InChI=1S/C25H26N4O2/c1-15-12-19-13-17(7-9-20(19)26-15)23-24(29-11-5-4-6-16(29)2)28-22-14-18(25(30)31-3)8-10-21(22)27-23/h7-10,12-14,16,26H,4-6,11H2,1-3H3. The third-order valence-corrected chi connectivity index (χ3v) is 6.17. The normalized spacial score (nSPS) is 16.7. The summed E-state index contributed by atoms with van der Waals surface area (Å²) < 4.78 is 4.88. The van der Waals surface area contributed by atoms with Gasteiger partial charge in [-0.15, -0.1) is 0 Å². The molecule has 158 valence electrons. The zero-order valence-corrected chi connectivity index (χ0v) is 18.1. The largest absolute Gasteiger partial charge is 0.465 e. The second-order valence-electron chi connectivity index (χ2n) is 8.38. The van der Waals surface area contributed by atoms with Gasteiger partial charge >= 0.3 is 5.97 Å². The first-order chi connectivity index (χ1) is 15.0. The molecule has 31 heavy (non-hydrogen) atoms. The lowest BCUT2D eigenvalue weighted by molar-refractivity contribution is 0.0601. The molecule has 1 aliphatic rings. The van der Waals surface area contributed by atoms with Crippen molar-refractivity contribution >= 4 is 33.7 Å². The molecule has 0 spiro atoms. The van der Waals surface area contributed by atoms with Crippen LogP contribution in [-0.2, 0) is 4.74 Å². The van der Waals surface area contributed by atoms with E-state index in [1.807, 2.05) is 6.07 Å². The minimum absolute atomic E-state index is 0.367. The Morgan fingerprint density at radius 2 is 1.97 bits per heavy atom. The predicted octanol–water partition coefficient (Wildman–Crippen LogP) is 5.25. The average Bonchev–Trinajstić information content (AvgIpc) is 3.16. The molecule has 1 N–H and O–H groups in total. The van der Waals surface area contributed by atoms with Crippen molar-refractivity contribution in [1.82, 2.24) is 15.0 Å². The van der Waals surface area contributed by atoms with Gasteiger partial charge in [0.2, 0.25) is 0 Å². The van der Waals surface area contributed by atoms with Crippen molar-refractivity contribution in [2.75, 3.05) is 18.6 Å². The number of rotatable bonds is 3. The van der Waals surface area contributed by atoms with Crippen molar-refractivity contribution in [3.8, 4) is 11.3 Å². The molecule has 0 amide bonds. The van der Waals surface area contributed by atoms with Crippen molar-refractivity contribution in [3.63, 3.8) is 0 Å². The number of aromatic amines is 1. The summed E-state index contributed by atoms with van der Waals surface area (Å²) in [5.41, 5.74) is 6.14. The molecule has 3 heterocycles. The number of esters is 1. The van der Waals surface area contributed by atoms with E-state index < -0.39 is 0 Å². The first-order valence-corrected chi connectivity index (χ1v) is 10.8. The number of piperidine rings is 1. The minimum atomic E-state index is -0.367. The van der Waals surface area contributed by atoms with Crippen LogP contribution in [0.2, 0.25) is 0 Å². The molecule has 0 bridgehead atoms. The number of aryl methyl sites for hydroxylation is 1. The van der Waals surface area contributed by atoms with Gasteiger partial charge in [0, 0.05) is 34.7 Å². The zero-order chi connectivity index (χ0) is 21.5. The summed E-state index contributed by atoms with van der Waals surface area (Å²) in [5.74, 6) is 0.516. The number of ether oxygens (including phenoxy) is 1. The molecular formula is C25H26N4O2. The van der Waals surface area contributed by atoms with Gasteiger partial charge in [-0.25, -0.2) is 14.8 Å². The molecule has 5 rings (SSSR count). The number of nitrogens with one attached hydrogen (secondary N) is 1. The second-order valence-corrected chi connectivity index (χ2v) is 8.38. The number of aromatic nitrogens is 3. The first kappa shape index (κ1) is 19.5. The summed E-state index contributed by atoms with van der Waals surface area (Å²) in [6.45, 7) is 5.27. The molecule has 1 saturated heterocycles. The van der Waals surface area contributed by atoms with Crippen LogP contribution in [0, 0.1) is 6.92 Å². The Balaban J connectivity index is 1.72. The molecule has 1 aliphatic heterocycles. The van der Waals surface area contributed by atoms with Gasteiger partial charge in [-0.3, -0.25) is 0 Å². The number of H-pyrrole nitrogens is 1. The summed E-state index contributed by atoms with van der Waals surface area (Å²) in [7, 11) is 1.39. The molecule has 1 unspecified atom stereocenters. The van der Waals surface area contributed by atoms with E-state index in [1.54, 1.807) is 12.1 Å². The first-order valence-electron chi connectivity index (χ1n) is 10.8. The zero-order valence-electron chi connectivity index (χ0n) is 18.1. The quantitative estimate of drug-likeness (QED) is 0.464. The Kier molecular flexibility index (Phi) is 4.85. The summed E-state index contributed by atoms with van der Waals surface area (Å²) in [6, 6.07) is 14.3. The van der Waals surface area contributed by atoms with Gasteiger partial charge in [-0.05, 0) is 69.5 Å². The van der Waals surface area contributed by atoms with Crippen LogP contribution in [0.15, 0.2) is 42.5 Å². The smallest absolute Gasteiger partial charge is 0.337 e. The van der Waals surface area contributed by atoms with E-state index in [-0.39, 0.29) is 5.97 Å². The summed E-state index contributed by atoms with van der Waals surface area (Å²) in [4.78, 5) is 27.8. The fourth-order valence-corrected chi connectivity index (χ4v) is 4.52. The highest BCUT2D eigenvalue weighted by Gasteiger charge is 2.25. The number of anilines is 1. The van der Waals surface area contributed by atoms with Crippen molar-refractivity contribution in [2.45, 2.75) is 39.2 Å². The monoisotopic (exact) mass is 414 g/mol. The maximum absolute atomic E-state index is 12.0. The van der Waals surface area contributed by atoms with Crippen LogP contribution in [-0.4, -0.2) is 40.6 Å². The van der Waals surface area contributed by atoms with Gasteiger partial charge in [0.25, 0.3) is 0 Å². The number of benzene rings is 2. The average molecular weight is 415 g/mol. The van der Waals surface area contributed by atoms with Crippen LogP contribution in [0.25, 0.3) is 33.2 Å². The minimum Gasteiger partial charge on any atom is -0.465 e. The van der Waals surface area contributed by atoms with Gasteiger partial charge in [0.05, 0.1) is 23.7 Å². The molecule has 6 heteroatoms. The molecular weight excluding hydrogens is 388 g/mol. The van der Waals surface area contributed by atoms with Gasteiger partial charge in [0.1, 0.15) is 5.69 Å². The Morgan fingerprint density at radius 3 is 2.77 bits per heavy atom. The highest BCUT2D eigenvalue weighted by molar-refractivity contribution is 5.95. The number of hydrogen-bond acceptors (Lipinski definition) is 5. The van der Waals surface area contributed by atoms with E-state index in [0.29, 0.717) is 17.1 Å². The van der Waals surface area contributed by atoms with Crippen LogP contribution in [0.1, 0.15) is 42.2 Å². The van der Waals surface area contributed by atoms with Crippen LogP contribution >= 0.6 is 0 Å². The molecule has 0 aliphatic carbocycles. The topological polar surface area (TPSA) is 71.1 Å². The lowest BCUT2D eigenvalue weighted by Crippen LogP contribution is -2.38. The van der Waals surface area contributed by atoms with Crippen molar-refractivity contribution in [1.29, 1.82) is 0 Å². The predicted molar refractivity (Wildman–Crippen MR) is 124 cm³/mol. The maximum Gasteiger partial charge on any atom is 0.337 e. The molecule has 0 saturated carbocycles. The molecule has 6 nitrogen and oxygen atoms in total. The third-order valence-electron chi connectivity index (χ3n) is 6.17. The highest BCUT2D eigenvalue weighted by atomic mass is 16.5. The van der Waals surface area contributed by atoms with Crippen LogP contribution in [0.3, 0.4) is 0 Å². The Labute approximate surface area is 181 Å². The Hall–Kier alpha value is -3.41. The summed E-state index contributed by atoms with van der Waals surface area (Å²) >= 11 is 0. The lowest BCUT2D eigenvalue weighted by atomic mass is 10.0. The van der Waals surface area contributed by atoms with Crippen LogP contribution in [0.5, 0.6) is 0 Å². The molecule has 0 radical (unpaired) electrons. The number of nitrogens with zero attached hydrogens (tertiary/aromatic N) is 3.